The van der Waals surface area contributed by atoms with Gasteiger partial charge in [-0.3, -0.25) is 9.88 Å². The first kappa shape index (κ1) is 13.0. The van der Waals surface area contributed by atoms with Crippen LogP contribution in [0.3, 0.4) is 0 Å². The second-order valence-corrected chi connectivity index (χ2v) is 5.55. The van der Waals surface area contributed by atoms with Crippen molar-refractivity contribution in [3.63, 3.8) is 0 Å². The normalized spacial score (nSPS) is 20.1. The number of aromatic nitrogens is 1. The molecule has 0 spiro atoms. The topological polar surface area (TPSA) is 28.2 Å². The van der Waals surface area contributed by atoms with E-state index in [-0.39, 0.29) is 0 Å². The highest BCUT2D eigenvalue weighted by Crippen LogP contribution is 2.13. The van der Waals surface area contributed by atoms with Gasteiger partial charge in [0.05, 0.1) is 0 Å². The van der Waals surface area contributed by atoms with Gasteiger partial charge in [-0.05, 0) is 53.5 Å². The predicted molar refractivity (Wildman–Crippen MR) is 73.9 cm³/mol. The van der Waals surface area contributed by atoms with Gasteiger partial charge in [0.25, 0.3) is 0 Å². The minimum absolute atomic E-state index is 0.676. The first-order valence-electron chi connectivity index (χ1n) is 6.33. The molecule has 0 aliphatic carbocycles. The van der Waals surface area contributed by atoms with Crippen LogP contribution in [0.4, 0.5) is 0 Å². The van der Waals surface area contributed by atoms with Crippen LogP contribution in [0.5, 0.6) is 0 Å². The third kappa shape index (κ3) is 4.05. The van der Waals surface area contributed by atoms with Crippen molar-refractivity contribution in [2.45, 2.75) is 32.4 Å². The fourth-order valence-corrected chi connectivity index (χ4v) is 2.74. The maximum absolute atomic E-state index is 4.21. The number of hydrogen-bond acceptors (Lipinski definition) is 3. The number of rotatable bonds is 5. The van der Waals surface area contributed by atoms with E-state index >= 15 is 0 Å². The molecule has 0 aromatic carbocycles. The molecule has 0 saturated carbocycles. The van der Waals surface area contributed by atoms with Crippen molar-refractivity contribution in [1.29, 1.82) is 0 Å². The van der Waals surface area contributed by atoms with Crippen molar-refractivity contribution in [3.05, 3.63) is 28.5 Å². The number of hydrogen-bond donors (Lipinski definition) is 1. The fourth-order valence-electron chi connectivity index (χ4n) is 2.33. The summed E-state index contributed by atoms with van der Waals surface area (Å²) in [5, 5.41) is 3.55. The third-order valence-corrected chi connectivity index (χ3v) is 3.69. The zero-order chi connectivity index (χ0) is 12.1. The lowest BCUT2D eigenvalue weighted by Gasteiger charge is -2.24. The first-order valence-corrected chi connectivity index (χ1v) is 7.12. The lowest BCUT2D eigenvalue weighted by atomic mass is 10.2. The van der Waals surface area contributed by atoms with Crippen LogP contribution in [0.25, 0.3) is 0 Å². The largest absolute Gasteiger partial charge is 0.313 e. The Labute approximate surface area is 112 Å². The molecule has 0 radical (unpaired) electrons. The zero-order valence-electron chi connectivity index (χ0n) is 10.3. The van der Waals surface area contributed by atoms with Crippen molar-refractivity contribution in [3.8, 4) is 0 Å². The average Bonchev–Trinajstić information content (AvgIpc) is 2.81. The molecule has 0 amide bonds. The molecule has 94 valence electrons. The van der Waals surface area contributed by atoms with E-state index in [9.17, 15) is 0 Å². The minimum atomic E-state index is 0.676. The van der Waals surface area contributed by atoms with Gasteiger partial charge in [0.15, 0.2) is 0 Å². The van der Waals surface area contributed by atoms with Gasteiger partial charge in [-0.1, -0.05) is 6.92 Å². The van der Waals surface area contributed by atoms with Gasteiger partial charge < -0.3 is 5.32 Å². The SMILES string of the molecule is CCN(Cc1cncc(Br)c1)CC1CCCN1. The van der Waals surface area contributed by atoms with E-state index in [1.807, 2.05) is 12.4 Å². The molecule has 1 N–H and O–H groups in total. The second kappa shape index (κ2) is 6.47. The van der Waals surface area contributed by atoms with Gasteiger partial charge >= 0.3 is 0 Å². The summed E-state index contributed by atoms with van der Waals surface area (Å²) in [7, 11) is 0. The standard InChI is InChI=1S/C13H20BrN3/c1-2-17(10-13-4-3-5-16-13)9-11-6-12(14)8-15-7-11/h6-8,13,16H,2-5,9-10H2,1H3. The molecular weight excluding hydrogens is 278 g/mol. The third-order valence-electron chi connectivity index (χ3n) is 3.26. The summed E-state index contributed by atoms with van der Waals surface area (Å²) in [6.07, 6.45) is 6.42. The molecule has 1 fully saturated rings. The Bertz CT molecular complexity index is 350. The molecule has 1 aromatic rings. The van der Waals surface area contributed by atoms with E-state index in [0.717, 1.165) is 24.1 Å². The molecule has 1 unspecified atom stereocenters. The maximum Gasteiger partial charge on any atom is 0.0410 e. The summed E-state index contributed by atoms with van der Waals surface area (Å²) in [4.78, 5) is 6.69. The van der Waals surface area contributed by atoms with Crippen molar-refractivity contribution in [2.75, 3.05) is 19.6 Å². The summed E-state index contributed by atoms with van der Waals surface area (Å²) >= 11 is 3.47. The average molecular weight is 298 g/mol. The smallest absolute Gasteiger partial charge is 0.0410 e. The molecule has 1 aliphatic heterocycles. The molecular formula is C13H20BrN3. The Balaban J connectivity index is 1.90. The molecule has 2 heterocycles. The summed E-state index contributed by atoms with van der Waals surface area (Å²) in [5.41, 5.74) is 1.28. The van der Waals surface area contributed by atoms with Crippen LogP contribution in [0.2, 0.25) is 0 Å². The van der Waals surface area contributed by atoms with E-state index in [2.05, 4.69) is 44.1 Å². The molecule has 1 aliphatic rings. The minimum Gasteiger partial charge on any atom is -0.313 e. The summed E-state index contributed by atoms with van der Waals surface area (Å²) in [5.74, 6) is 0. The van der Waals surface area contributed by atoms with Crippen LogP contribution in [0.15, 0.2) is 22.9 Å². The van der Waals surface area contributed by atoms with E-state index in [0.29, 0.717) is 6.04 Å². The van der Waals surface area contributed by atoms with Crippen LogP contribution in [0.1, 0.15) is 25.3 Å². The van der Waals surface area contributed by atoms with Crippen LogP contribution < -0.4 is 5.32 Å². The van der Waals surface area contributed by atoms with Crippen molar-refractivity contribution in [1.82, 2.24) is 15.2 Å². The monoisotopic (exact) mass is 297 g/mol. The molecule has 3 nitrogen and oxygen atoms in total. The summed E-state index contributed by atoms with van der Waals surface area (Å²) in [6, 6.07) is 2.83. The zero-order valence-corrected chi connectivity index (χ0v) is 11.9. The highest BCUT2D eigenvalue weighted by atomic mass is 79.9. The molecule has 1 aromatic heterocycles. The van der Waals surface area contributed by atoms with Gasteiger partial charge in [0.2, 0.25) is 0 Å². The van der Waals surface area contributed by atoms with Crippen molar-refractivity contribution >= 4 is 15.9 Å². The first-order chi connectivity index (χ1) is 8.28. The molecule has 1 saturated heterocycles. The number of nitrogens with zero attached hydrogens (tertiary/aromatic N) is 2. The lowest BCUT2D eigenvalue weighted by molar-refractivity contribution is 0.253. The van der Waals surface area contributed by atoms with Gasteiger partial charge in [0.1, 0.15) is 0 Å². The second-order valence-electron chi connectivity index (χ2n) is 4.63. The Morgan fingerprint density at radius 1 is 1.53 bits per heavy atom. The van der Waals surface area contributed by atoms with E-state index in [4.69, 9.17) is 0 Å². The van der Waals surface area contributed by atoms with Gasteiger partial charge in [-0.25, -0.2) is 0 Å². The molecule has 4 heteroatoms. The van der Waals surface area contributed by atoms with Crippen LogP contribution >= 0.6 is 15.9 Å². The van der Waals surface area contributed by atoms with Crippen LogP contribution in [-0.2, 0) is 6.54 Å². The number of likely N-dealkylation sites (N-methyl/N-ethyl adjacent to an activating group) is 1. The molecule has 2 rings (SSSR count). The number of nitrogens with one attached hydrogen (secondary N) is 1. The molecule has 0 bridgehead atoms. The Hall–Kier alpha value is -0.450. The highest BCUT2D eigenvalue weighted by molar-refractivity contribution is 9.10. The van der Waals surface area contributed by atoms with Gasteiger partial charge in [0, 0.05) is 36.0 Å². The van der Waals surface area contributed by atoms with E-state index < -0.39 is 0 Å². The highest BCUT2D eigenvalue weighted by Gasteiger charge is 2.17. The van der Waals surface area contributed by atoms with Crippen molar-refractivity contribution in [2.24, 2.45) is 0 Å². The van der Waals surface area contributed by atoms with Crippen molar-refractivity contribution < 1.29 is 0 Å². The maximum atomic E-state index is 4.21. The summed E-state index contributed by atoms with van der Waals surface area (Å²) in [6.45, 7) is 6.62. The van der Waals surface area contributed by atoms with Crippen LogP contribution in [-0.4, -0.2) is 35.6 Å². The fraction of sp³-hybridized carbons (Fsp3) is 0.615. The van der Waals surface area contributed by atoms with Crippen LogP contribution in [0, 0.1) is 0 Å². The van der Waals surface area contributed by atoms with Gasteiger partial charge in [-0.2, -0.15) is 0 Å². The Kier molecular flexibility index (Phi) is 4.95. The summed E-state index contributed by atoms with van der Waals surface area (Å²) < 4.78 is 1.06. The molecule has 17 heavy (non-hydrogen) atoms. The predicted octanol–water partition coefficient (Wildman–Crippen LogP) is 2.42. The quantitative estimate of drug-likeness (QED) is 0.905. The lowest BCUT2D eigenvalue weighted by Crippen LogP contribution is -2.37. The Morgan fingerprint density at radius 2 is 2.41 bits per heavy atom. The number of halogens is 1. The van der Waals surface area contributed by atoms with E-state index in [1.165, 1.54) is 24.9 Å². The molecule has 1 atom stereocenters. The van der Waals surface area contributed by atoms with E-state index in [1.54, 1.807) is 0 Å². The Morgan fingerprint density at radius 3 is 3.06 bits per heavy atom. The number of pyridine rings is 1. The van der Waals surface area contributed by atoms with Gasteiger partial charge in [-0.15, -0.1) is 0 Å².